The first-order valence-electron chi connectivity index (χ1n) is 5.23. The number of nitrogens with zero attached hydrogens (tertiary/aromatic N) is 3. The Morgan fingerprint density at radius 3 is 2.78 bits per heavy atom. The van der Waals surface area contributed by atoms with Gasteiger partial charge in [0.05, 0.1) is 0 Å². The van der Waals surface area contributed by atoms with Crippen LogP contribution in [0.2, 0.25) is 0 Å². The Hall–Kier alpha value is -2.44. The Balaban J connectivity index is 1.92. The molecule has 0 spiro atoms. The van der Waals surface area contributed by atoms with Crippen molar-refractivity contribution in [2.45, 2.75) is 13.1 Å². The van der Waals surface area contributed by atoms with Crippen molar-refractivity contribution in [3.63, 3.8) is 0 Å². The number of benzene rings is 1. The Morgan fingerprint density at radius 2 is 2.11 bits per heavy atom. The molecule has 2 N–H and O–H groups in total. The second-order valence-electron chi connectivity index (χ2n) is 3.64. The molecule has 1 aromatic heterocycles. The molecule has 0 saturated carbocycles. The summed E-state index contributed by atoms with van der Waals surface area (Å²) in [4.78, 5) is 14.3. The molecule has 0 bridgehead atoms. The third-order valence-electron chi connectivity index (χ3n) is 2.20. The normalized spacial score (nSPS) is 10.3. The molecule has 0 unspecified atom stereocenters. The number of carboxylic acids is 1. The number of anilines is 1. The van der Waals surface area contributed by atoms with E-state index in [0.29, 0.717) is 12.5 Å². The fourth-order valence-corrected chi connectivity index (χ4v) is 1.37. The van der Waals surface area contributed by atoms with Gasteiger partial charge in [-0.2, -0.15) is 0 Å². The molecule has 0 aliphatic carbocycles. The number of hydrogen-bond donors (Lipinski definition) is 2. The monoisotopic (exact) mass is 250 g/mol. The minimum Gasteiger partial charge on any atom is -0.480 e. The molecule has 2 aromatic rings. The smallest absolute Gasteiger partial charge is 0.325 e. The van der Waals surface area contributed by atoms with Gasteiger partial charge in [-0.15, -0.1) is 5.10 Å². The first-order valence-corrected chi connectivity index (χ1v) is 5.23. The summed E-state index contributed by atoms with van der Waals surface area (Å²) in [6.07, 6.45) is 1.33. The van der Waals surface area contributed by atoms with Crippen LogP contribution in [0.3, 0.4) is 0 Å². The molecule has 6 nitrogen and oxygen atoms in total. The Kier molecular flexibility index (Phi) is 3.52. The number of nitrogens with one attached hydrogen (secondary N) is 1. The average Bonchev–Trinajstić information content (AvgIpc) is 2.75. The number of aromatic nitrogens is 3. The zero-order valence-corrected chi connectivity index (χ0v) is 9.38. The summed E-state index contributed by atoms with van der Waals surface area (Å²) in [7, 11) is 0. The van der Waals surface area contributed by atoms with Gasteiger partial charge in [0.15, 0.2) is 0 Å². The topological polar surface area (TPSA) is 80.0 Å². The van der Waals surface area contributed by atoms with Gasteiger partial charge in [-0.05, 0) is 17.7 Å². The summed E-state index contributed by atoms with van der Waals surface area (Å²) in [5.41, 5.74) is 0.881. The van der Waals surface area contributed by atoms with Crippen LogP contribution in [-0.4, -0.2) is 25.8 Å². The molecule has 0 aliphatic heterocycles. The Morgan fingerprint density at radius 1 is 1.39 bits per heavy atom. The molecule has 0 atom stereocenters. The highest BCUT2D eigenvalue weighted by Crippen LogP contribution is 2.05. The van der Waals surface area contributed by atoms with Crippen LogP contribution in [0.15, 0.2) is 30.6 Å². The summed E-state index contributed by atoms with van der Waals surface area (Å²) in [6.45, 7) is 0.211. The van der Waals surface area contributed by atoms with Crippen LogP contribution >= 0.6 is 0 Å². The number of carboxylic acid groups (broad SMARTS) is 1. The summed E-state index contributed by atoms with van der Waals surface area (Å²) in [5.74, 6) is -0.937. The number of hydrogen-bond acceptors (Lipinski definition) is 4. The third kappa shape index (κ3) is 3.27. The molecule has 2 rings (SSSR count). The minimum absolute atomic E-state index is 0.231. The van der Waals surface area contributed by atoms with E-state index in [1.54, 1.807) is 12.1 Å². The molecule has 0 saturated heterocycles. The van der Waals surface area contributed by atoms with Crippen LogP contribution in [0.4, 0.5) is 10.3 Å². The average molecular weight is 250 g/mol. The van der Waals surface area contributed by atoms with E-state index in [4.69, 9.17) is 5.11 Å². The molecule has 7 heteroatoms. The van der Waals surface area contributed by atoms with Gasteiger partial charge < -0.3 is 10.4 Å². The van der Waals surface area contributed by atoms with E-state index >= 15 is 0 Å². The van der Waals surface area contributed by atoms with E-state index in [1.165, 1.54) is 23.1 Å². The van der Waals surface area contributed by atoms with E-state index in [-0.39, 0.29) is 12.4 Å². The molecular weight excluding hydrogens is 239 g/mol. The van der Waals surface area contributed by atoms with Gasteiger partial charge in [0, 0.05) is 6.54 Å². The highest BCUT2D eigenvalue weighted by Gasteiger charge is 2.03. The van der Waals surface area contributed by atoms with Crippen LogP contribution < -0.4 is 5.32 Å². The van der Waals surface area contributed by atoms with E-state index in [2.05, 4.69) is 15.4 Å². The number of rotatable bonds is 5. The van der Waals surface area contributed by atoms with Crippen molar-refractivity contribution in [2.75, 3.05) is 5.32 Å². The van der Waals surface area contributed by atoms with Crippen molar-refractivity contribution < 1.29 is 14.3 Å². The van der Waals surface area contributed by atoms with Crippen molar-refractivity contribution in [1.82, 2.24) is 14.8 Å². The van der Waals surface area contributed by atoms with E-state index in [1.807, 2.05) is 0 Å². The van der Waals surface area contributed by atoms with E-state index < -0.39 is 5.97 Å². The maximum Gasteiger partial charge on any atom is 0.325 e. The van der Waals surface area contributed by atoms with Gasteiger partial charge in [0.25, 0.3) is 0 Å². The minimum atomic E-state index is -0.981. The predicted molar refractivity (Wildman–Crippen MR) is 61.4 cm³/mol. The lowest BCUT2D eigenvalue weighted by molar-refractivity contribution is -0.137. The van der Waals surface area contributed by atoms with Gasteiger partial charge in [-0.1, -0.05) is 12.1 Å². The molecule has 0 aliphatic rings. The molecule has 1 heterocycles. The van der Waals surface area contributed by atoms with Crippen molar-refractivity contribution in [3.8, 4) is 0 Å². The lowest BCUT2D eigenvalue weighted by atomic mass is 10.2. The SMILES string of the molecule is O=C(O)Cn1cnc(NCc2ccc(F)cc2)n1. The zero-order chi connectivity index (χ0) is 13.0. The van der Waals surface area contributed by atoms with Crippen LogP contribution in [0.25, 0.3) is 0 Å². The third-order valence-corrected chi connectivity index (χ3v) is 2.20. The highest BCUT2D eigenvalue weighted by molar-refractivity contribution is 5.66. The lowest BCUT2D eigenvalue weighted by Crippen LogP contribution is -2.09. The summed E-state index contributed by atoms with van der Waals surface area (Å²) in [6, 6.07) is 6.04. The number of aliphatic carboxylic acids is 1. The molecule has 18 heavy (non-hydrogen) atoms. The lowest BCUT2D eigenvalue weighted by Gasteiger charge is -2.01. The summed E-state index contributed by atoms with van der Waals surface area (Å²) < 4.78 is 13.9. The second kappa shape index (κ2) is 5.26. The predicted octanol–water partition coefficient (Wildman–Crippen LogP) is 1.11. The molecule has 0 amide bonds. The van der Waals surface area contributed by atoms with Crippen molar-refractivity contribution >= 4 is 11.9 Å². The second-order valence-corrected chi connectivity index (χ2v) is 3.64. The van der Waals surface area contributed by atoms with Crippen molar-refractivity contribution in [1.29, 1.82) is 0 Å². The fourth-order valence-electron chi connectivity index (χ4n) is 1.37. The van der Waals surface area contributed by atoms with Gasteiger partial charge in [-0.25, -0.2) is 14.1 Å². The Labute approximate surface area is 102 Å². The van der Waals surface area contributed by atoms with Crippen LogP contribution in [-0.2, 0) is 17.9 Å². The van der Waals surface area contributed by atoms with Gasteiger partial charge in [0.2, 0.25) is 5.95 Å². The van der Waals surface area contributed by atoms with Crippen LogP contribution in [0, 0.1) is 5.82 Å². The number of halogens is 1. The zero-order valence-electron chi connectivity index (χ0n) is 9.38. The van der Waals surface area contributed by atoms with Gasteiger partial charge in [-0.3, -0.25) is 4.79 Å². The molecule has 0 radical (unpaired) electrons. The standard InChI is InChI=1S/C11H11FN4O2/c12-9-3-1-8(2-4-9)5-13-11-14-7-16(15-11)6-10(17)18/h1-4,7H,5-6H2,(H,13,15)(H,17,18). The molecule has 0 fully saturated rings. The maximum absolute atomic E-state index is 12.7. The molecule has 94 valence electrons. The van der Waals surface area contributed by atoms with Gasteiger partial charge >= 0.3 is 5.97 Å². The molecular formula is C11H11FN4O2. The van der Waals surface area contributed by atoms with Crippen molar-refractivity contribution in [2.24, 2.45) is 0 Å². The maximum atomic E-state index is 12.7. The summed E-state index contributed by atoms with van der Waals surface area (Å²) >= 11 is 0. The first kappa shape index (κ1) is 12.0. The number of carbonyl (C=O) groups is 1. The quantitative estimate of drug-likeness (QED) is 0.831. The largest absolute Gasteiger partial charge is 0.480 e. The first-order chi connectivity index (χ1) is 8.63. The fraction of sp³-hybridized carbons (Fsp3) is 0.182. The highest BCUT2D eigenvalue weighted by atomic mass is 19.1. The summed E-state index contributed by atoms with van der Waals surface area (Å²) in [5, 5.41) is 15.4. The van der Waals surface area contributed by atoms with Crippen LogP contribution in [0.5, 0.6) is 0 Å². The van der Waals surface area contributed by atoms with Crippen LogP contribution in [0.1, 0.15) is 5.56 Å². The van der Waals surface area contributed by atoms with E-state index in [9.17, 15) is 9.18 Å². The van der Waals surface area contributed by atoms with Crippen molar-refractivity contribution in [3.05, 3.63) is 42.0 Å². The van der Waals surface area contributed by atoms with E-state index in [0.717, 1.165) is 5.56 Å². The van der Waals surface area contributed by atoms with Gasteiger partial charge in [0.1, 0.15) is 18.7 Å². The molecule has 1 aromatic carbocycles. The Bertz CT molecular complexity index is 538.